The molecule has 0 unspecified atom stereocenters. The molecule has 0 aliphatic rings. The standard InChI is InChI=1S/C15H23F3N2O/c1-12(2)10-19-8-3-9-20-11-13-4-6-14(7-5-13)21-15(16,17)18/h4-7,12,19-20H,3,8-11H2,1-2H3. The molecule has 0 fully saturated rings. The van der Waals surface area contributed by atoms with Gasteiger partial charge in [-0.1, -0.05) is 26.0 Å². The third-order valence-corrected chi connectivity index (χ3v) is 2.75. The number of ether oxygens (including phenoxy) is 1. The van der Waals surface area contributed by atoms with Crippen LogP contribution in [0, 0.1) is 5.92 Å². The van der Waals surface area contributed by atoms with Gasteiger partial charge in [0.05, 0.1) is 0 Å². The number of alkyl halides is 3. The molecular weight excluding hydrogens is 281 g/mol. The van der Waals surface area contributed by atoms with Crippen LogP contribution >= 0.6 is 0 Å². The van der Waals surface area contributed by atoms with Crippen molar-refractivity contribution in [1.29, 1.82) is 0 Å². The highest BCUT2D eigenvalue weighted by Gasteiger charge is 2.30. The van der Waals surface area contributed by atoms with E-state index in [2.05, 4.69) is 29.2 Å². The van der Waals surface area contributed by atoms with Crippen LogP contribution in [-0.4, -0.2) is 26.0 Å². The second-order valence-electron chi connectivity index (χ2n) is 5.32. The Kier molecular flexibility index (Phi) is 7.53. The number of hydrogen-bond acceptors (Lipinski definition) is 3. The molecule has 0 amide bonds. The van der Waals surface area contributed by atoms with Crippen molar-refractivity contribution in [2.75, 3.05) is 19.6 Å². The molecule has 0 aliphatic heterocycles. The summed E-state index contributed by atoms with van der Waals surface area (Å²) in [7, 11) is 0. The molecule has 6 heteroatoms. The molecule has 0 aromatic heterocycles. The monoisotopic (exact) mass is 304 g/mol. The number of rotatable bonds is 9. The Hall–Kier alpha value is -1.27. The summed E-state index contributed by atoms with van der Waals surface area (Å²) in [5.41, 5.74) is 0.930. The van der Waals surface area contributed by atoms with E-state index in [9.17, 15) is 13.2 Å². The third-order valence-electron chi connectivity index (χ3n) is 2.75. The van der Waals surface area contributed by atoms with E-state index in [1.54, 1.807) is 12.1 Å². The zero-order valence-corrected chi connectivity index (χ0v) is 12.5. The Morgan fingerprint density at radius 2 is 1.67 bits per heavy atom. The van der Waals surface area contributed by atoms with E-state index < -0.39 is 6.36 Å². The zero-order chi connectivity index (χ0) is 15.7. The van der Waals surface area contributed by atoms with E-state index in [0.717, 1.165) is 31.6 Å². The average Bonchev–Trinajstić information content (AvgIpc) is 2.37. The topological polar surface area (TPSA) is 33.3 Å². The fraction of sp³-hybridized carbons (Fsp3) is 0.600. The second-order valence-corrected chi connectivity index (χ2v) is 5.32. The van der Waals surface area contributed by atoms with Gasteiger partial charge >= 0.3 is 6.36 Å². The summed E-state index contributed by atoms with van der Waals surface area (Å²) in [6.07, 6.45) is -3.62. The number of halogens is 3. The fourth-order valence-electron chi connectivity index (χ4n) is 1.77. The molecule has 1 rings (SSSR count). The van der Waals surface area contributed by atoms with E-state index in [1.165, 1.54) is 12.1 Å². The molecule has 0 spiro atoms. The van der Waals surface area contributed by atoms with Crippen LogP contribution in [-0.2, 0) is 6.54 Å². The lowest BCUT2D eigenvalue weighted by molar-refractivity contribution is -0.274. The fourth-order valence-corrected chi connectivity index (χ4v) is 1.77. The Balaban J connectivity index is 2.15. The van der Waals surface area contributed by atoms with Crippen LogP contribution in [0.1, 0.15) is 25.8 Å². The predicted molar refractivity (Wildman–Crippen MR) is 77.2 cm³/mol. The van der Waals surface area contributed by atoms with E-state index in [-0.39, 0.29) is 5.75 Å². The summed E-state index contributed by atoms with van der Waals surface area (Å²) in [6, 6.07) is 5.92. The molecule has 0 saturated heterocycles. The van der Waals surface area contributed by atoms with Crippen molar-refractivity contribution in [2.45, 2.75) is 33.2 Å². The van der Waals surface area contributed by atoms with Gasteiger partial charge in [-0.05, 0) is 49.7 Å². The molecule has 0 saturated carbocycles. The van der Waals surface area contributed by atoms with E-state index in [0.29, 0.717) is 12.5 Å². The molecule has 0 heterocycles. The average molecular weight is 304 g/mol. The summed E-state index contributed by atoms with van der Waals surface area (Å²) >= 11 is 0. The molecule has 0 bridgehead atoms. The Labute approximate surface area is 123 Å². The first-order valence-corrected chi connectivity index (χ1v) is 7.13. The smallest absolute Gasteiger partial charge is 0.406 e. The van der Waals surface area contributed by atoms with Gasteiger partial charge in [0.1, 0.15) is 5.75 Å². The first-order valence-electron chi connectivity index (χ1n) is 7.13. The van der Waals surface area contributed by atoms with Gasteiger partial charge in [-0.15, -0.1) is 13.2 Å². The zero-order valence-electron chi connectivity index (χ0n) is 12.5. The molecule has 0 atom stereocenters. The highest BCUT2D eigenvalue weighted by molar-refractivity contribution is 5.27. The van der Waals surface area contributed by atoms with Crippen LogP contribution in [0.3, 0.4) is 0 Å². The Morgan fingerprint density at radius 3 is 2.24 bits per heavy atom. The van der Waals surface area contributed by atoms with Gasteiger partial charge in [0.25, 0.3) is 0 Å². The molecular formula is C15H23F3N2O. The maximum atomic E-state index is 12.0. The maximum Gasteiger partial charge on any atom is 0.573 e. The lowest BCUT2D eigenvalue weighted by atomic mass is 10.2. The van der Waals surface area contributed by atoms with Crippen molar-refractivity contribution in [1.82, 2.24) is 10.6 Å². The van der Waals surface area contributed by atoms with Crippen molar-refractivity contribution in [2.24, 2.45) is 5.92 Å². The predicted octanol–water partition coefficient (Wildman–Crippen LogP) is 3.31. The van der Waals surface area contributed by atoms with Crippen molar-refractivity contribution >= 4 is 0 Å². The van der Waals surface area contributed by atoms with Crippen molar-refractivity contribution < 1.29 is 17.9 Å². The van der Waals surface area contributed by atoms with Crippen LogP contribution < -0.4 is 15.4 Å². The van der Waals surface area contributed by atoms with Gasteiger partial charge in [-0.3, -0.25) is 0 Å². The van der Waals surface area contributed by atoms with Crippen LogP contribution in [0.25, 0.3) is 0 Å². The minimum absolute atomic E-state index is 0.191. The summed E-state index contributed by atoms with van der Waals surface area (Å²) < 4.78 is 39.8. The lowest BCUT2D eigenvalue weighted by Gasteiger charge is -2.10. The normalized spacial score (nSPS) is 11.9. The minimum atomic E-state index is -4.64. The summed E-state index contributed by atoms with van der Waals surface area (Å²) in [6.45, 7) is 7.81. The van der Waals surface area contributed by atoms with Crippen molar-refractivity contribution in [3.63, 3.8) is 0 Å². The van der Waals surface area contributed by atoms with Gasteiger partial charge in [-0.25, -0.2) is 0 Å². The highest BCUT2D eigenvalue weighted by atomic mass is 19.4. The minimum Gasteiger partial charge on any atom is -0.406 e. The number of benzene rings is 1. The van der Waals surface area contributed by atoms with E-state index in [4.69, 9.17) is 0 Å². The first-order chi connectivity index (χ1) is 9.87. The van der Waals surface area contributed by atoms with Gasteiger partial charge in [-0.2, -0.15) is 0 Å². The number of nitrogens with one attached hydrogen (secondary N) is 2. The molecule has 1 aromatic carbocycles. The third kappa shape index (κ3) is 9.31. The molecule has 0 aliphatic carbocycles. The van der Waals surface area contributed by atoms with E-state index >= 15 is 0 Å². The van der Waals surface area contributed by atoms with Crippen LogP contribution in [0.5, 0.6) is 5.75 Å². The molecule has 3 nitrogen and oxygen atoms in total. The molecule has 21 heavy (non-hydrogen) atoms. The van der Waals surface area contributed by atoms with Crippen LogP contribution in [0.15, 0.2) is 24.3 Å². The quantitative estimate of drug-likeness (QED) is 0.687. The summed E-state index contributed by atoms with van der Waals surface area (Å²) in [4.78, 5) is 0. The Morgan fingerprint density at radius 1 is 1.05 bits per heavy atom. The first kappa shape index (κ1) is 17.8. The van der Waals surface area contributed by atoms with Crippen molar-refractivity contribution in [3.8, 4) is 5.75 Å². The van der Waals surface area contributed by atoms with E-state index in [1.807, 2.05) is 0 Å². The highest BCUT2D eigenvalue weighted by Crippen LogP contribution is 2.22. The summed E-state index contributed by atoms with van der Waals surface area (Å²) in [5, 5.41) is 6.60. The van der Waals surface area contributed by atoms with Crippen LogP contribution in [0.4, 0.5) is 13.2 Å². The summed E-state index contributed by atoms with van der Waals surface area (Å²) in [5.74, 6) is 0.458. The Bertz CT molecular complexity index is 391. The number of hydrogen-bond donors (Lipinski definition) is 2. The van der Waals surface area contributed by atoms with Gasteiger partial charge in [0, 0.05) is 6.54 Å². The van der Waals surface area contributed by atoms with Crippen molar-refractivity contribution in [3.05, 3.63) is 29.8 Å². The maximum absolute atomic E-state index is 12.0. The lowest BCUT2D eigenvalue weighted by Crippen LogP contribution is -2.24. The van der Waals surface area contributed by atoms with Crippen LogP contribution in [0.2, 0.25) is 0 Å². The largest absolute Gasteiger partial charge is 0.573 e. The van der Waals surface area contributed by atoms with Gasteiger partial charge < -0.3 is 15.4 Å². The second kappa shape index (κ2) is 8.89. The molecule has 120 valence electrons. The molecule has 1 aromatic rings. The molecule has 0 radical (unpaired) electrons. The van der Waals surface area contributed by atoms with Gasteiger partial charge in [0.2, 0.25) is 0 Å². The van der Waals surface area contributed by atoms with Gasteiger partial charge in [0.15, 0.2) is 0 Å². The SMILES string of the molecule is CC(C)CNCCCNCc1ccc(OC(F)(F)F)cc1. The molecule has 2 N–H and O–H groups in total.